The lowest BCUT2D eigenvalue weighted by atomic mass is 10.1. The Kier molecular flexibility index (Phi) is 7.73. The van der Waals surface area contributed by atoms with Gasteiger partial charge in [0.05, 0.1) is 11.2 Å². The summed E-state index contributed by atoms with van der Waals surface area (Å²) in [7, 11) is -4.64. The average Bonchev–Trinajstić information content (AvgIpc) is 2.58. The van der Waals surface area contributed by atoms with Gasteiger partial charge < -0.3 is 19.6 Å². The second-order valence-electron chi connectivity index (χ2n) is 6.45. The number of aromatic nitrogens is 1. The molecule has 0 saturated carbocycles. The van der Waals surface area contributed by atoms with Gasteiger partial charge in [-0.3, -0.25) is 10.4 Å². The van der Waals surface area contributed by atoms with Crippen molar-refractivity contribution in [3.63, 3.8) is 0 Å². The molecule has 0 bridgehead atoms. The number of hydrazone groups is 1. The van der Waals surface area contributed by atoms with Crippen molar-refractivity contribution in [2.24, 2.45) is 5.10 Å². The standard InChI is InChI=1S/C17H21ClN4.H3O4P/c1-12(2)22-9-6-14(7-10-22)20-21-16-5-8-19-17-11-13(18)3-4-15(16)17;1-5(2,3)4/h3-5,8,11-12H,6-7,9-10H2,1-2H3,(H,19,21);(H3,1,2,3,4). The number of hydrogen-bond donors (Lipinski definition) is 4. The van der Waals surface area contributed by atoms with Crippen molar-refractivity contribution in [3.05, 3.63) is 35.5 Å². The van der Waals surface area contributed by atoms with Gasteiger partial charge in [-0.2, -0.15) is 5.10 Å². The third-order valence-corrected chi connectivity index (χ3v) is 4.38. The molecule has 0 spiro atoms. The summed E-state index contributed by atoms with van der Waals surface area (Å²) in [5.41, 5.74) is 6.29. The van der Waals surface area contributed by atoms with Gasteiger partial charge in [-0.05, 0) is 38.1 Å². The summed E-state index contributed by atoms with van der Waals surface area (Å²) < 4.78 is 8.88. The fraction of sp³-hybridized carbons (Fsp3) is 0.412. The molecule has 1 saturated heterocycles. The molecule has 1 aromatic heterocycles. The van der Waals surface area contributed by atoms with Crippen LogP contribution in [0.1, 0.15) is 26.7 Å². The van der Waals surface area contributed by atoms with E-state index in [9.17, 15) is 0 Å². The Morgan fingerprint density at radius 1 is 1.22 bits per heavy atom. The first-order chi connectivity index (χ1) is 12.6. The normalized spacial score (nSPS) is 15.4. The summed E-state index contributed by atoms with van der Waals surface area (Å²) in [6.07, 6.45) is 3.84. The van der Waals surface area contributed by atoms with Crippen LogP contribution >= 0.6 is 19.4 Å². The van der Waals surface area contributed by atoms with E-state index in [1.807, 2.05) is 24.3 Å². The third kappa shape index (κ3) is 7.54. The number of hydrogen-bond acceptors (Lipinski definition) is 5. The van der Waals surface area contributed by atoms with E-state index in [2.05, 4.69) is 34.3 Å². The van der Waals surface area contributed by atoms with E-state index in [1.54, 1.807) is 6.20 Å². The molecule has 0 radical (unpaired) electrons. The molecule has 0 atom stereocenters. The largest absolute Gasteiger partial charge is 0.466 e. The van der Waals surface area contributed by atoms with Gasteiger partial charge in [-0.15, -0.1) is 0 Å². The fourth-order valence-corrected chi connectivity index (χ4v) is 2.93. The number of fused-ring (bicyclic) bond motifs is 1. The van der Waals surface area contributed by atoms with Crippen LogP contribution in [0.3, 0.4) is 0 Å². The number of nitrogens with one attached hydrogen (secondary N) is 1. The minimum absolute atomic E-state index is 0.614. The Labute approximate surface area is 163 Å². The lowest BCUT2D eigenvalue weighted by Crippen LogP contribution is -2.38. The molecule has 27 heavy (non-hydrogen) atoms. The first-order valence-corrected chi connectivity index (χ1v) is 10.5. The number of piperidine rings is 1. The zero-order chi connectivity index (χ0) is 20.0. The maximum absolute atomic E-state index is 8.88. The number of pyridine rings is 1. The monoisotopic (exact) mass is 414 g/mol. The van der Waals surface area contributed by atoms with Crippen molar-refractivity contribution in [3.8, 4) is 0 Å². The molecule has 1 aliphatic heterocycles. The van der Waals surface area contributed by atoms with Gasteiger partial charge in [0.15, 0.2) is 0 Å². The Morgan fingerprint density at radius 2 is 1.85 bits per heavy atom. The van der Waals surface area contributed by atoms with Crippen LogP contribution in [0.4, 0.5) is 5.69 Å². The molecule has 2 heterocycles. The molecule has 10 heteroatoms. The van der Waals surface area contributed by atoms with E-state index in [4.69, 9.17) is 30.8 Å². The summed E-state index contributed by atoms with van der Waals surface area (Å²) >= 11 is 6.02. The topological polar surface area (TPSA) is 118 Å². The molecule has 0 unspecified atom stereocenters. The van der Waals surface area contributed by atoms with Crippen LogP contribution in [-0.4, -0.2) is 49.4 Å². The van der Waals surface area contributed by atoms with Crippen LogP contribution in [0, 0.1) is 0 Å². The number of halogens is 1. The molecule has 0 aliphatic carbocycles. The second-order valence-corrected chi connectivity index (χ2v) is 7.92. The van der Waals surface area contributed by atoms with E-state index in [0.29, 0.717) is 11.1 Å². The molecule has 2 aromatic rings. The molecule has 148 valence electrons. The number of phosphoric acid groups is 1. The van der Waals surface area contributed by atoms with Crippen LogP contribution < -0.4 is 5.43 Å². The predicted octanol–water partition coefficient (Wildman–Crippen LogP) is 3.23. The Balaban J connectivity index is 0.000000465. The number of likely N-dealkylation sites (tertiary alicyclic amines) is 1. The van der Waals surface area contributed by atoms with Crippen molar-refractivity contribution < 1.29 is 19.2 Å². The average molecular weight is 415 g/mol. The quantitative estimate of drug-likeness (QED) is 0.449. The summed E-state index contributed by atoms with van der Waals surface area (Å²) in [5, 5.41) is 6.34. The van der Waals surface area contributed by atoms with Gasteiger partial charge in [0, 0.05) is 54.3 Å². The summed E-state index contributed by atoms with van der Waals surface area (Å²) in [4.78, 5) is 28.4. The smallest absolute Gasteiger partial charge is 0.303 e. The van der Waals surface area contributed by atoms with Crippen molar-refractivity contribution in [2.75, 3.05) is 18.5 Å². The Bertz CT molecular complexity index is 838. The summed E-state index contributed by atoms with van der Waals surface area (Å²) in [5.74, 6) is 0. The number of nitrogens with zero attached hydrogens (tertiary/aromatic N) is 3. The highest BCUT2D eigenvalue weighted by atomic mass is 35.5. The summed E-state index contributed by atoms with van der Waals surface area (Å²) in [6.45, 7) is 6.67. The van der Waals surface area contributed by atoms with E-state index >= 15 is 0 Å². The SMILES string of the molecule is CC(C)N1CCC(=NNc2ccnc3cc(Cl)ccc23)CC1.O=P(O)(O)O. The molecular formula is C17H24ClN4O4P. The van der Waals surface area contributed by atoms with Crippen LogP contribution in [-0.2, 0) is 4.57 Å². The lowest BCUT2D eigenvalue weighted by molar-refractivity contribution is 0.222. The third-order valence-electron chi connectivity index (χ3n) is 4.14. The predicted molar refractivity (Wildman–Crippen MR) is 108 cm³/mol. The van der Waals surface area contributed by atoms with Crippen LogP contribution in [0.25, 0.3) is 10.9 Å². The van der Waals surface area contributed by atoms with Crippen LogP contribution in [0.15, 0.2) is 35.6 Å². The van der Waals surface area contributed by atoms with Gasteiger partial charge in [0.1, 0.15) is 0 Å². The zero-order valence-electron chi connectivity index (χ0n) is 15.2. The molecule has 1 fully saturated rings. The fourth-order valence-electron chi connectivity index (χ4n) is 2.77. The lowest BCUT2D eigenvalue weighted by Gasteiger charge is -2.30. The van der Waals surface area contributed by atoms with Crippen molar-refractivity contribution >= 4 is 41.7 Å². The minimum atomic E-state index is -4.64. The van der Waals surface area contributed by atoms with Crippen LogP contribution in [0.2, 0.25) is 5.02 Å². The second kappa shape index (κ2) is 9.59. The Hall–Kier alpha value is -1.54. The van der Waals surface area contributed by atoms with Crippen molar-refractivity contribution in [2.45, 2.75) is 32.7 Å². The van der Waals surface area contributed by atoms with Crippen molar-refractivity contribution in [1.29, 1.82) is 0 Å². The van der Waals surface area contributed by atoms with E-state index in [1.165, 1.54) is 5.71 Å². The van der Waals surface area contributed by atoms with E-state index in [0.717, 1.165) is 42.5 Å². The van der Waals surface area contributed by atoms with Crippen LogP contribution in [0.5, 0.6) is 0 Å². The number of rotatable bonds is 3. The summed E-state index contributed by atoms with van der Waals surface area (Å²) in [6, 6.07) is 8.29. The molecule has 1 aromatic carbocycles. The zero-order valence-corrected chi connectivity index (χ0v) is 16.9. The molecule has 8 nitrogen and oxygen atoms in total. The molecule has 4 N–H and O–H groups in total. The highest BCUT2D eigenvalue weighted by Crippen LogP contribution is 2.26. The van der Waals surface area contributed by atoms with E-state index in [-0.39, 0.29) is 0 Å². The molecule has 0 amide bonds. The van der Waals surface area contributed by atoms with Crippen molar-refractivity contribution in [1.82, 2.24) is 9.88 Å². The highest BCUT2D eigenvalue weighted by Gasteiger charge is 2.17. The van der Waals surface area contributed by atoms with Gasteiger partial charge in [-0.25, -0.2) is 4.57 Å². The number of benzene rings is 1. The maximum atomic E-state index is 8.88. The number of anilines is 1. The highest BCUT2D eigenvalue weighted by molar-refractivity contribution is 7.45. The first kappa shape index (κ1) is 21.8. The van der Waals surface area contributed by atoms with Gasteiger partial charge in [0.2, 0.25) is 0 Å². The Morgan fingerprint density at radius 3 is 2.44 bits per heavy atom. The van der Waals surface area contributed by atoms with Gasteiger partial charge >= 0.3 is 7.82 Å². The van der Waals surface area contributed by atoms with Gasteiger partial charge in [-0.1, -0.05) is 11.6 Å². The molecule has 3 rings (SSSR count). The minimum Gasteiger partial charge on any atom is -0.303 e. The van der Waals surface area contributed by atoms with E-state index < -0.39 is 7.82 Å². The first-order valence-electron chi connectivity index (χ1n) is 8.51. The molecular weight excluding hydrogens is 391 g/mol. The maximum Gasteiger partial charge on any atom is 0.466 e. The van der Waals surface area contributed by atoms with Gasteiger partial charge in [0.25, 0.3) is 0 Å². The molecule has 1 aliphatic rings.